The molecule has 2 amide bonds. The van der Waals surface area contributed by atoms with Crippen LogP contribution in [0.15, 0.2) is 24.3 Å². The highest BCUT2D eigenvalue weighted by molar-refractivity contribution is 6.20. The molecule has 1 saturated carbocycles. The van der Waals surface area contributed by atoms with Crippen molar-refractivity contribution < 1.29 is 19.2 Å². The molecule has 0 bridgehead atoms. The lowest BCUT2D eigenvalue weighted by molar-refractivity contribution is -0.181. The number of rotatable bonds is 2. The summed E-state index contributed by atoms with van der Waals surface area (Å²) in [6.45, 7) is 1.86. The zero-order valence-electron chi connectivity index (χ0n) is 12.6. The number of nitrogens with zero attached hydrogens (tertiary/aromatic N) is 1. The van der Waals surface area contributed by atoms with Gasteiger partial charge in [0.1, 0.15) is 0 Å². The number of carbonyl (C=O) groups is 3. The van der Waals surface area contributed by atoms with Gasteiger partial charge in [-0.1, -0.05) is 42.9 Å². The third kappa shape index (κ3) is 2.40. The normalized spacial score (nSPS) is 20.5. The average molecular weight is 301 g/mol. The second-order valence-corrected chi connectivity index (χ2v) is 6.30. The van der Waals surface area contributed by atoms with Crippen molar-refractivity contribution in [1.82, 2.24) is 5.06 Å². The third-order valence-electron chi connectivity index (χ3n) is 4.63. The lowest BCUT2D eigenvalue weighted by Crippen LogP contribution is -2.39. The van der Waals surface area contributed by atoms with Crippen LogP contribution in [0, 0.1) is 5.41 Å². The van der Waals surface area contributed by atoms with E-state index in [1.807, 2.05) is 6.92 Å². The van der Waals surface area contributed by atoms with Gasteiger partial charge in [-0.05, 0) is 31.9 Å². The Balaban J connectivity index is 1.78. The Morgan fingerprint density at radius 2 is 1.50 bits per heavy atom. The molecule has 0 radical (unpaired) electrons. The Hall–Kier alpha value is -2.17. The molecule has 1 aliphatic carbocycles. The van der Waals surface area contributed by atoms with Crippen LogP contribution in [0.3, 0.4) is 0 Å². The first-order valence-corrected chi connectivity index (χ1v) is 7.73. The van der Waals surface area contributed by atoms with Crippen molar-refractivity contribution in [2.75, 3.05) is 0 Å². The summed E-state index contributed by atoms with van der Waals surface area (Å²) in [5.74, 6) is -1.61. The molecule has 0 atom stereocenters. The van der Waals surface area contributed by atoms with Crippen molar-refractivity contribution in [3.8, 4) is 0 Å². The molecule has 5 heteroatoms. The topological polar surface area (TPSA) is 63.7 Å². The summed E-state index contributed by atoms with van der Waals surface area (Å²) in [6.07, 6.45) is 5.61. The summed E-state index contributed by atoms with van der Waals surface area (Å²) in [4.78, 5) is 42.2. The number of amides is 2. The third-order valence-corrected chi connectivity index (χ3v) is 4.63. The summed E-state index contributed by atoms with van der Waals surface area (Å²) in [5, 5.41) is 0.614. The van der Waals surface area contributed by atoms with Gasteiger partial charge in [0.2, 0.25) is 0 Å². The summed E-state index contributed by atoms with van der Waals surface area (Å²) in [7, 11) is 0. The molecule has 1 fully saturated rings. The summed E-state index contributed by atoms with van der Waals surface area (Å²) in [5.41, 5.74) is -0.0520. The number of hydrogen-bond acceptors (Lipinski definition) is 4. The van der Waals surface area contributed by atoms with Crippen molar-refractivity contribution >= 4 is 17.8 Å². The Kier molecular flexibility index (Phi) is 3.72. The molecule has 1 heterocycles. The monoisotopic (exact) mass is 301 g/mol. The van der Waals surface area contributed by atoms with Gasteiger partial charge in [-0.3, -0.25) is 9.59 Å². The second kappa shape index (κ2) is 5.55. The Morgan fingerprint density at radius 1 is 1.00 bits per heavy atom. The van der Waals surface area contributed by atoms with Crippen LogP contribution in [0.5, 0.6) is 0 Å². The van der Waals surface area contributed by atoms with Crippen molar-refractivity contribution in [2.45, 2.75) is 45.4 Å². The van der Waals surface area contributed by atoms with Gasteiger partial charge in [0.15, 0.2) is 0 Å². The smallest absolute Gasteiger partial charge is 0.329 e. The number of imide groups is 1. The maximum absolute atomic E-state index is 12.5. The second-order valence-electron chi connectivity index (χ2n) is 6.30. The zero-order valence-corrected chi connectivity index (χ0v) is 12.6. The molecular formula is C17H19NO4. The molecule has 2 aliphatic rings. The predicted molar refractivity (Wildman–Crippen MR) is 78.8 cm³/mol. The van der Waals surface area contributed by atoms with Crippen LogP contribution in [-0.2, 0) is 9.63 Å². The largest absolute Gasteiger partial charge is 0.339 e. The fourth-order valence-corrected chi connectivity index (χ4v) is 3.16. The van der Waals surface area contributed by atoms with Crippen LogP contribution in [0.1, 0.15) is 66.2 Å². The standard InChI is InChI=1S/C17H19NO4/c1-17(10-6-2-3-7-11-17)16(21)22-18-14(19)12-8-4-5-9-13(12)15(18)20/h4-5,8-9H,2-3,6-7,10-11H2,1H3. The van der Waals surface area contributed by atoms with E-state index in [-0.39, 0.29) is 11.1 Å². The summed E-state index contributed by atoms with van der Waals surface area (Å²) < 4.78 is 0. The molecule has 0 unspecified atom stereocenters. The van der Waals surface area contributed by atoms with Crippen LogP contribution in [0.2, 0.25) is 0 Å². The number of carbonyl (C=O) groups excluding carboxylic acids is 3. The Labute approximate surface area is 129 Å². The molecule has 3 rings (SSSR count). The van der Waals surface area contributed by atoms with Gasteiger partial charge in [-0.15, -0.1) is 0 Å². The molecule has 0 saturated heterocycles. The first-order chi connectivity index (χ1) is 10.5. The lowest BCUT2D eigenvalue weighted by Gasteiger charge is -2.26. The van der Waals surface area contributed by atoms with E-state index >= 15 is 0 Å². The van der Waals surface area contributed by atoms with E-state index in [1.165, 1.54) is 0 Å². The SMILES string of the molecule is CC1(C(=O)ON2C(=O)c3ccccc3C2=O)CCCCCC1. The van der Waals surface area contributed by atoms with Crippen molar-refractivity contribution in [3.05, 3.63) is 35.4 Å². The number of hydroxylamine groups is 2. The highest BCUT2D eigenvalue weighted by atomic mass is 16.7. The molecule has 5 nitrogen and oxygen atoms in total. The van der Waals surface area contributed by atoms with Crippen LogP contribution in [0.25, 0.3) is 0 Å². The molecule has 0 spiro atoms. The Bertz CT molecular complexity index is 594. The number of benzene rings is 1. The maximum Gasteiger partial charge on any atom is 0.339 e. The van der Waals surface area contributed by atoms with E-state index in [0.717, 1.165) is 38.5 Å². The van der Waals surface area contributed by atoms with Crippen LogP contribution in [-0.4, -0.2) is 22.8 Å². The quantitative estimate of drug-likeness (QED) is 0.622. The van der Waals surface area contributed by atoms with Gasteiger partial charge in [0.05, 0.1) is 16.5 Å². The molecule has 1 aromatic rings. The minimum Gasteiger partial charge on any atom is -0.329 e. The van der Waals surface area contributed by atoms with E-state index in [0.29, 0.717) is 5.06 Å². The molecule has 22 heavy (non-hydrogen) atoms. The zero-order chi connectivity index (χ0) is 15.7. The van der Waals surface area contributed by atoms with Crippen molar-refractivity contribution in [1.29, 1.82) is 0 Å². The van der Waals surface area contributed by atoms with Gasteiger partial charge in [-0.2, -0.15) is 0 Å². The molecule has 1 aliphatic heterocycles. The van der Waals surface area contributed by atoms with Crippen LogP contribution in [0.4, 0.5) is 0 Å². The van der Waals surface area contributed by atoms with E-state index in [9.17, 15) is 14.4 Å². The van der Waals surface area contributed by atoms with Gasteiger partial charge in [0.25, 0.3) is 11.8 Å². The van der Waals surface area contributed by atoms with Gasteiger partial charge in [0, 0.05) is 0 Å². The van der Waals surface area contributed by atoms with Crippen LogP contribution < -0.4 is 0 Å². The van der Waals surface area contributed by atoms with Crippen molar-refractivity contribution in [3.63, 3.8) is 0 Å². The highest BCUT2D eigenvalue weighted by Crippen LogP contribution is 2.36. The molecular weight excluding hydrogens is 282 g/mol. The van der Waals surface area contributed by atoms with E-state index in [2.05, 4.69) is 0 Å². The molecule has 0 N–H and O–H groups in total. The number of fused-ring (bicyclic) bond motifs is 1. The molecule has 0 aromatic heterocycles. The summed E-state index contributed by atoms with van der Waals surface area (Å²) >= 11 is 0. The maximum atomic E-state index is 12.5. The first kappa shape index (κ1) is 14.8. The summed E-state index contributed by atoms with van der Waals surface area (Å²) in [6, 6.07) is 6.50. The van der Waals surface area contributed by atoms with Crippen LogP contribution >= 0.6 is 0 Å². The molecule has 1 aromatic carbocycles. The number of hydrogen-bond donors (Lipinski definition) is 0. The van der Waals surface area contributed by atoms with Gasteiger partial charge >= 0.3 is 5.97 Å². The lowest BCUT2D eigenvalue weighted by atomic mass is 9.83. The predicted octanol–water partition coefficient (Wildman–Crippen LogP) is 3.10. The average Bonchev–Trinajstić information content (AvgIpc) is 2.70. The first-order valence-electron chi connectivity index (χ1n) is 7.73. The van der Waals surface area contributed by atoms with E-state index < -0.39 is 23.2 Å². The minimum absolute atomic E-state index is 0.284. The Morgan fingerprint density at radius 3 is 2.00 bits per heavy atom. The minimum atomic E-state index is -0.619. The van der Waals surface area contributed by atoms with Gasteiger partial charge < -0.3 is 4.84 Å². The van der Waals surface area contributed by atoms with E-state index in [1.54, 1.807) is 24.3 Å². The van der Waals surface area contributed by atoms with Crippen molar-refractivity contribution in [2.24, 2.45) is 5.41 Å². The molecule has 116 valence electrons. The fourth-order valence-electron chi connectivity index (χ4n) is 3.16. The fraction of sp³-hybridized carbons (Fsp3) is 0.471. The van der Waals surface area contributed by atoms with Gasteiger partial charge in [-0.25, -0.2) is 4.79 Å². The highest BCUT2D eigenvalue weighted by Gasteiger charge is 2.43. The van der Waals surface area contributed by atoms with E-state index in [4.69, 9.17) is 4.84 Å².